The maximum atomic E-state index is 12.8. The SMILES string of the molecule is CCOc1ccc(NC(=O)N2CCN(c3nc(C)nc(CC)c3Cc3ccccc3)CC2)cc1. The van der Waals surface area contributed by atoms with E-state index >= 15 is 0 Å². The number of amides is 2. The Bertz CT molecular complexity index is 1090. The van der Waals surface area contributed by atoms with Gasteiger partial charge in [0.1, 0.15) is 17.4 Å². The van der Waals surface area contributed by atoms with E-state index in [1.165, 1.54) is 11.1 Å². The first-order chi connectivity index (χ1) is 16.6. The van der Waals surface area contributed by atoms with Crippen LogP contribution in [0.1, 0.15) is 36.5 Å². The van der Waals surface area contributed by atoms with Crippen LogP contribution in [0.3, 0.4) is 0 Å². The Balaban J connectivity index is 1.44. The lowest BCUT2D eigenvalue weighted by Gasteiger charge is -2.36. The number of hydrogen-bond donors (Lipinski definition) is 1. The van der Waals surface area contributed by atoms with E-state index in [1.54, 1.807) is 0 Å². The van der Waals surface area contributed by atoms with Gasteiger partial charge in [0, 0.05) is 49.5 Å². The third-order valence-corrected chi connectivity index (χ3v) is 6.02. The van der Waals surface area contributed by atoms with Gasteiger partial charge in [-0.25, -0.2) is 14.8 Å². The Morgan fingerprint density at radius 1 is 0.971 bits per heavy atom. The second kappa shape index (κ2) is 11.0. The van der Waals surface area contributed by atoms with Crippen molar-refractivity contribution in [3.63, 3.8) is 0 Å². The molecule has 0 bridgehead atoms. The molecule has 1 N–H and O–H groups in total. The number of rotatable bonds is 7. The maximum Gasteiger partial charge on any atom is 0.321 e. The van der Waals surface area contributed by atoms with E-state index in [0.29, 0.717) is 19.7 Å². The molecule has 2 amide bonds. The summed E-state index contributed by atoms with van der Waals surface area (Å²) in [7, 11) is 0. The van der Waals surface area contributed by atoms with E-state index in [-0.39, 0.29) is 6.03 Å². The van der Waals surface area contributed by atoms with Crippen molar-refractivity contribution in [1.29, 1.82) is 0 Å². The summed E-state index contributed by atoms with van der Waals surface area (Å²) in [6.07, 6.45) is 1.67. The molecule has 1 aromatic heterocycles. The Labute approximate surface area is 201 Å². The van der Waals surface area contributed by atoms with Crippen LogP contribution >= 0.6 is 0 Å². The van der Waals surface area contributed by atoms with Crippen LogP contribution in [0.2, 0.25) is 0 Å². The molecule has 3 aromatic rings. The smallest absolute Gasteiger partial charge is 0.321 e. The molecule has 0 spiro atoms. The van der Waals surface area contributed by atoms with Gasteiger partial charge in [0.05, 0.1) is 6.61 Å². The molecule has 7 nitrogen and oxygen atoms in total. The Kier molecular flexibility index (Phi) is 7.62. The summed E-state index contributed by atoms with van der Waals surface area (Å²) in [6.45, 7) is 9.41. The second-order valence-corrected chi connectivity index (χ2v) is 8.40. The Morgan fingerprint density at radius 2 is 1.68 bits per heavy atom. The summed E-state index contributed by atoms with van der Waals surface area (Å²) in [5.74, 6) is 2.59. The molecule has 0 saturated carbocycles. The Hall–Kier alpha value is -3.61. The quantitative estimate of drug-likeness (QED) is 0.555. The van der Waals surface area contributed by atoms with Gasteiger partial charge in [-0.3, -0.25) is 0 Å². The molecular weight excluding hydrogens is 426 g/mol. The van der Waals surface area contributed by atoms with Gasteiger partial charge in [-0.2, -0.15) is 0 Å². The molecule has 1 aliphatic rings. The molecule has 0 radical (unpaired) electrons. The average molecular weight is 460 g/mol. The molecule has 0 atom stereocenters. The highest BCUT2D eigenvalue weighted by molar-refractivity contribution is 5.89. The van der Waals surface area contributed by atoms with Crippen molar-refractivity contribution in [2.24, 2.45) is 0 Å². The maximum absolute atomic E-state index is 12.8. The number of nitrogens with zero attached hydrogens (tertiary/aromatic N) is 4. The molecule has 0 aliphatic carbocycles. The molecule has 1 fully saturated rings. The fraction of sp³-hybridized carbons (Fsp3) is 0.370. The summed E-state index contributed by atoms with van der Waals surface area (Å²) in [5.41, 5.74) is 4.30. The highest BCUT2D eigenvalue weighted by Gasteiger charge is 2.25. The van der Waals surface area contributed by atoms with Crippen LogP contribution in [0.4, 0.5) is 16.3 Å². The van der Waals surface area contributed by atoms with Gasteiger partial charge in [-0.15, -0.1) is 0 Å². The van der Waals surface area contributed by atoms with Crippen molar-refractivity contribution in [2.75, 3.05) is 43.0 Å². The minimum Gasteiger partial charge on any atom is -0.494 e. The highest BCUT2D eigenvalue weighted by Crippen LogP contribution is 2.26. The van der Waals surface area contributed by atoms with Gasteiger partial charge in [-0.1, -0.05) is 37.3 Å². The minimum atomic E-state index is -0.0820. The fourth-order valence-electron chi connectivity index (χ4n) is 4.30. The summed E-state index contributed by atoms with van der Waals surface area (Å²) in [5, 5.41) is 2.99. The summed E-state index contributed by atoms with van der Waals surface area (Å²) >= 11 is 0. The number of nitrogens with one attached hydrogen (secondary N) is 1. The summed E-state index contributed by atoms with van der Waals surface area (Å²) in [4.78, 5) is 26.6. The summed E-state index contributed by atoms with van der Waals surface area (Å²) in [6, 6.07) is 17.8. The van der Waals surface area contributed by atoms with E-state index in [0.717, 1.165) is 54.7 Å². The van der Waals surface area contributed by atoms with Crippen LogP contribution in [0.15, 0.2) is 54.6 Å². The topological polar surface area (TPSA) is 70.6 Å². The van der Waals surface area contributed by atoms with Gasteiger partial charge >= 0.3 is 6.03 Å². The summed E-state index contributed by atoms with van der Waals surface area (Å²) < 4.78 is 5.47. The standard InChI is InChI=1S/C27H33N5O2/c1-4-25-24(19-21-9-7-6-8-10-21)26(29-20(3)28-25)31-15-17-32(18-16-31)27(33)30-22-11-13-23(14-12-22)34-5-2/h6-14H,4-5,15-19H2,1-3H3,(H,30,33). The van der Waals surface area contributed by atoms with E-state index in [1.807, 2.05) is 49.1 Å². The predicted octanol–water partition coefficient (Wildman–Crippen LogP) is 4.69. The van der Waals surface area contributed by atoms with Crippen molar-refractivity contribution >= 4 is 17.5 Å². The number of aryl methyl sites for hydroxylation is 2. The zero-order valence-corrected chi connectivity index (χ0v) is 20.3. The minimum absolute atomic E-state index is 0.0820. The van der Waals surface area contributed by atoms with Crippen LogP contribution in [0.5, 0.6) is 5.75 Å². The number of carbonyl (C=O) groups excluding carboxylic acids is 1. The van der Waals surface area contributed by atoms with Crippen molar-refractivity contribution in [1.82, 2.24) is 14.9 Å². The Morgan fingerprint density at radius 3 is 2.32 bits per heavy atom. The van der Waals surface area contributed by atoms with Gasteiger partial charge in [-0.05, 0) is 50.1 Å². The van der Waals surface area contributed by atoms with Gasteiger partial charge in [0.15, 0.2) is 0 Å². The van der Waals surface area contributed by atoms with Gasteiger partial charge in [0.2, 0.25) is 0 Å². The molecule has 0 unspecified atom stereocenters. The van der Waals surface area contributed by atoms with E-state index in [2.05, 4.69) is 41.4 Å². The number of carbonyl (C=O) groups is 1. The van der Waals surface area contributed by atoms with Crippen LogP contribution < -0.4 is 15.0 Å². The molecular formula is C27H33N5O2. The zero-order chi connectivity index (χ0) is 23.9. The molecule has 7 heteroatoms. The zero-order valence-electron chi connectivity index (χ0n) is 20.3. The van der Waals surface area contributed by atoms with Gasteiger partial charge in [0.25, 0.3) is 0 Å². The van der Waals surface area contributed by atoms with Crippen molar-refractivity contribution in [2.45, 2.75) is 33.6 Å². The predicted molar refractivity (Wildman–Crippen MR) is 136 cm³/mol. The third-order valence-electron chi connectivity index (χ3n) is 6.02. The third kappa shape index (κ3) is 5.65. The second-order valence-electron chi connectivity index (χ2n) is 8.40. The van der Waals surface area contributed by atoms with Crippen molar-refractivity contribution in [3.05, 3.63) is 77.2 Å². The number of ether oxygens (including phenoxy) is 1. The average Bonchev–Trinajstić information content (AvgIpc) is 2.87. The highest BCUT2D eigenvalue weighted by atomic mass is 16.5. The molecule has 4 rings (SSSR count). The fourth-order valence-corrected chi connectivity index (χ4v) is 4.30. The van der Waals surface area contributed by atoms with Crippen molar-refractivity contribution in [3.8, 4) is 5.75 Å². The molecule has 2 heterocycles. The first-order valence-electron chi connectivity index (χ1n) is 12.0. The lowest BCUT2D eigenvalue weighted by molar-refractivity contribution is 0.208. The first kappa shape index (κ1) is 23.5. The number of hydrogen-bond acceptors (Lipinski definition) is 5. The lowest BCUT2D eigenvalue weighted by Crippen LogP contribution is -2.50. The lowest BCUT2D eigenvalue weighted by atomic mass is 10.0. The van der Waals surface area contributed by atoms with Crippen LogP contribution in [-0.2, 0) is 12.8 Å². The van der Waals surface area contributed by atoms with E-state index < -0.39 is 0 Å². The van der Waals surface area contributed by atoms with Crippen LogP contribution in [0.25, 0.3) is 0 Å². The number of benzene rings is 2. The number of anilines is 2. The van der Waals surface area contributed by atoms with E-state index in [4.69, 9.17) is 14.7 Å². The monoisotopic (exact) mass is 459 g/mol. The number of urea groups is 1. The largest absolute Gasteiger partial charge is 0.494 e. The van der Waals surface area contributed by atoms with Crippen LogP contribution in [-0.4, -0.2) is 53.7 Å². The number of aromatic nitrogens is 2. The normalized spacial score (nSPS) is 13.6. The van der Waals surface area contributed by atoms with Gasteiger partial charge < -0.3 is 19.9 Å². The molecule has 34 heavy (non-hydrogen) atoms. The first-order valence-corrected chi connectivity index (χ1v) is 12.0. The molecule has 2 aromatic carbocycles. The number of piperazine rings is 1. The molecule has 1 aliphatic heterocycles. The van der Waals surface area contributed by atoms with Crippen LogP contribution in [0, 0.1) is 6.92 Å². The van der Waals surface area contributed by atoms with E-state index in [9.17, 15) is 4.79 Å². The molecule has 1 saturated heterocycles. The van der Waals surface area contributed by atoms with Crippen molar-refractivity contribution < 1.29 is 9.53 Å². The molecule has 178 valence electrons.